The molecule has 0 unspecified atom stereocenters. The van der Waals surface area contributed by atoms with Crippen molar-refractivity contribution in [2.75, 3.05) is 0 Å². The highest BCUT2D eigenvalue weighted by molar-refractivity contribution is 6.00. The Bertz CT molecular complexity index is 515. The van der Waals surface area contributed by atoms with E-state index in [1.54, 1.807) is 0 Å². The monoisotopic (exact) mass is 227 g/mol. The largest absolute Gasteiger partial charge is 0.274 e. The van der Waals surface area contributed by atoms with Gasteiger partial charge in [0.2, 0.25) is 11.8 Å². The molecule has 1 aliphatic carbocycles. The zero-order valence-electron chi connectivity index (χ0n) is 9.48. The van der Waals surface area contributed by atoms with Crippen LogP contribution < -0.4 is 0 Å². The van der Waals surface area contributed by atoms with Crippen molar-refractivity contribution in [3.05, 3.63) is 41.1 Å². The second-order valence-electron chi connectivity index (χ2n) is 4.49. The van der Waals surface area contributed by atoms with Crippen molar-refractivity contribution in [3.63, 3.8) is 0 Å². The van der Waals surface area contributed by atoms with Gasteiger partial charge in [-0.25, -0.2) is 0 Å². The van der Waals surface area contributed by atoms with Crippen molar-refractivity contribution in [1.82, 2.24) is 4.90 Å². The summed E-state index contributed by atoms with van der Waals surface area (Å²) in [6.45, 7) is 0. The number of piperidine rings is 1. The third-order valence-electron chi connectivity index (χ3n) is 3.32. The van der Waals surface area contributed by atoms with E-state index >= 15 is 0 Å². The van der Waals surface area contributed by atoms with Gasteiger partial charge in [0, 0.05) is 25.0 Å². The number of carbonyl (C=O) groups is 2. The van der Waals surface area contributed by atoms with Gasteiger partial charge >= 0.3 is 0 Å². The van der Waals surface area contributed by atoms with Crippen LogP contribution in [0.25, 0.3) is 6.08 Å². The van der Waals surface area contributed by atoms with E-state index in [9.17, 15) is 9.59 Å². The van der Waals surface area contributed by atoms with Crippen molar-refractivity contribution in [2.45, 2.75) is 25.7 Å². The van der Waals surface area contributed by atoms with E-state index in [2.05, 4.69) is 0 Å². The molecule has 0 bridgehead atoms. The minimum absolute atomic E-state index is 0.0553. The van der Waals surface area contributed by atoms with Gasteiger partial charge in [0.1, 0.15) is 0 Å². The highest BCUT2D eigenvalue weighted by Crippen LogP contribution is 2.29. The smallest absolute Gasteiger partial charge is 0.233 e. The van der Waals surface area contributed by atoms with Crippen LogP contribution in [0, 0.1) is 0 Å². The van der Waals surface area contributed by atoms with Crippen LogP contribution in [-0.2, 0) is 16.0 Å². The molecule has 1 saturated heterocycles. The highest BCUT2D eigenvalue weighted by Gasteiger charge is 2.30. The first kappa shape index (κ1) is 10.3. The summed E-state index contributed by atoms with van der Waals surface area (Å²) in [4.78, 5) is 25.0. The Balaban J connectivity index is 1.93. The molecule has 0 saturated carbocycles. The number of hydrogen-bond donors (Lipinski definition) is 0. The Morgan fingerprint density at radius 3 is 2.41 bits per heavy atom. The number of nitrogens with zero attached hydrogens (tertiary/aromatic N) is 1. The molecule has 2 amide bonds. The molecule has 86 valence electrons. The second-order valence-corrected chi connectivity index (χ2v) is 4.49. The van der Waals surface area contributed by atoms with Gasteiger partial charge in [-0.2, -0.15) is 0 Å². The van der Waals surface area contributed by atoms with Gasteiger partial charge in [-0.05, 0) is 23.6 Å². The Labute approximate surface area is 99.7 Å². The average Bonchev–Trinajstić information content (AvgIpc) is 2.71. The first-order valence-corrected chi connectivity index (χ1v) is 5.90. The summed E-state index contributed by atoms with van der Waals surface area (Å²) in [6.07, 6.45) is 4.30. The predicted octanol–water partition coefficient (Wildman–Crippen LogP) is 2.12. The number of likely N-dealkylation sites (tertiary alicyclic amines) is 1. The number of fused-ring (bicyclic) bond motifs is 1. The molecule has 1 aromatic rings. The van der Waals surface area contributed by atoms with E-state index in [4.69, 9.17) is 0 Å². The van der Waals surface area contributed by atoms with Crippen LogP contribution in [0.15, 0.2) is 30.0 Å². The molecule has 0 N–H and O–H groups in total. The van der Waals surface area contributed by atoms with Gasteiger partial charge in [-0.3, -0.25) is 14.5 Å². The maximum atomic E-state index is 11.8. The highest BCUT2D eigenvalue weighted by atomic mass is 16.2. The van der Waals surface area contributed by atoms with Crippen LogP contribution in [0.1, 0.15) is 30.4 Å². The van der Waals surface area contributed by atoms with Crippen molar-refractivity contribution < 1.29 is 9.59 Å². The molecule has 1 fully saturated rings. The molecule has 0 radical (unpaired) electrons. The van der Waals surface area contributed by atoms with Crippen molar-refractivity contribution >= 4 is 17.9 Å². The molecule has 3 nitrogen and oxygen atoms in total. The predicted molar refractivity (Wildman–Crippen MR) is 63.8 cm³/mol. The average molecular weight is 227 g/mol. The van der Waals surface area contributed by atoms with Crippen LogP contribution in [0.2, 0.25) is 0 Å². The number of rotatable bonds is 1. The number of amides is 2. The van der Waals surface area contributed by atoms with Crippen LogP contribution in [0.4, 0.5) is 0 Å². The van der Waals surface area contributed by atoms with Gasteiger partial charge in [-0.1, -0.05) is 24.3 Å². The quantitative estimate of drug-likeness (QED) is 0.689. The van der Waals surface area contributed by atoms with Gasteiger partial charge in [0.15, 0.2) is 0 Å². The standard InChI is InChI=1S/C14H13NO2/c16-13-6-3-7-14(17)15(13)12-8-10-4-1-2-5-11(10)9-12/h1-2,4-5,8H,3,6-7,9H2. The minimum atomic E-state index is -0.0553. The maximum absolute atomic E-state index is 11.8. The molecular weight excluding hydrogens is 214 g/mol. The lowest BCUT2D eigenvalue weighted by molar-refractivity contribution is -0.145. The summed E-state index contributed by atoms with van der Waals surface area (Å²) in [5, 5.41) is 0. The minimum Gasteiger partial charge on any atom is -0.274 e. The van der Waals surface area contributed by atoms with Gasteiger partial charge in [0.25, 0.3) is 0 Å². The molecule has 0 spiro atoms. The number of hydrogen-bond acceptors (Lipinski definition) is 2. The summed E-state index contributed by atoms with van der Waals surface area (Å²) in [6, 6.07) is 8.01. The molecule has 0 aromatic heterocycles. The Kier molecular flexibility index (Phi) is 2.32. The van der Waals surface area contributed by atoms with Gasteiger partial charge in [-0.15, -0.1) is 0 Å². The van der Waals surface area contributed by atoms with Crippen molar-refractivity contribution in [3.8, 4) is 0 Å². The van der Waals surface area contributed by atoms with Crippen LogP contribution in [0.3, 0.4) is 0 Å². The van der Waals surface area contributed by atoms with E-state index in [1.165, 1.54) is 10.5 Å². The van der Waals surface area contributed by atoms with E-state index < -0.39 is 0 Å². The number of imide groups is 1. The lowest BCUT2D eigenvalue weighted by atomic mass is 10.1. The fourth-order valence-corrected chi connectivity index (χ4v) is 2.48. The fourth-order valence-electron chi connectivity index (χ4n) is 2.48. The van der Waals surface area contributed by atoms with E-state index in [1.807, 2.05) is 30.3 Å². The van der Waals surface area contributed by atoms with Crippen LogP contribution in [0.5, 0.6) is 0 Å². The normalized spacial score (nSPS) is 19.3. The Hall–Kier alpha value is -1.90. The summed E-state index contributed by atoms with van der Waals surface area (Å²) < 4.78 is 0. The first-order valence-electron chi connectivity index (χ1n) is 5.90. The fraction of sp³-hybridized carbons (Fsp3) is 0.286. The zero-order chi connectivity index (χ0) is 11.8. The van der Waals surface area contributed by atoms with Gasteiger partial charge in [0.05, 0.1) is 0 Å². The molecule has 17 heavy (non-hydrogen) atoms. The molecule has 1 aliphatic heterocycles. The SMILES string of the molecule is O=C1CCCC(=O)N1C1=Cc2ccccc2C1. The van der Waals surface area contributed by atoms with E-state index in [0.717, 1.165) is 11.3 Å². The summed E-state index contributed by atoms with van der Waals surface area (Å²) in [5.74, 6) is -0.111. The Morgan fingerprint density at radius 2 is 1.71 bits per heavy atom. The number of carbonyl (C=O) groups excluding carboxylic acids is 2. The first-order chi connectivity index (χ1) is 8.25. The topological polar surface area (TPSA) is 37.4 Å². The number of allylic oxidation sites excluding steroid dienone is 1. The van der Waals surface area contributed by atoms with Crippen molar-refractivity contribution in [2.24, 2.45) is 0 Å². The third kappa shape index (κ3) is 1.68. The van der Waals surface area contributed by atoms with E-state index in [-0.39, 0.29) is 11.8 Å². The maximum Gasteiger partial charge on any atom is 0.233 e. The Morgan fingerprint density at radius 1 is 1.00 bits per heavy atom. The molecular formula is C14H13NO2. The molecule has 1 aromatic carbocycles. The molecule has 0 atom stereocenters. The van der Waals surface area contributed by atoms with Gasteiger partial charge < -0.3 is 0 Å². The molecule has 3 heteroatoms. The summed E-state index contributed by atoms with van der Waals surface area (Å²) >= 11 is 0. The molecule has 3 rings (SSSR count). The van der Waals surface area contributed by atoms with Crippen LogP contribution in [-0.4, -0.2) is 16.7 Å². The second kappa shape index (κ2) is 3.84. The van der Waals surface area contributed by atoms with Crippen molar-refractivity contribution in [1.29, 1.82) is 0 Å². The zero-order valence-corrected chi connectivity index (χ0v) is 9.48. The molecule has 2 aliphatic rings. The summed E-state index contributed by atoms with van der Waals surface area (Å²) in [5.41, 5.74) is 3.14. The van der Waals surface area contributed by atoms with Crippen LogP contribution >= 0.6 is 0 Å². The lowest BCUT2D eigenvalue weighted by Gasteiger charge is -2.25. The molecule has 1 heterocycles. The summed E-state index contributed by atoms with van der Waals surface area (Å²) in [7, 11) is 0. The number of benzene rings is 1. The lowest BCUT2D eigenvalue weighted by Crippen LogP contribution is -2.39. The third-order valence-corrected chi connectivity index (χ3v) is 3.32. The van der Waals surface area contributed by atoms with E-state index in [0.29, 0.717) is 25.7 Å².